The third kappa shape index (κ3) is 5.78. The molecule has 0 saturated carbocycles. The SMILES string of the molecule is CCOC(=O)c1ccc(NC(=O)CC2C(=O)N(c3ccccc3)C(=S)N2NC(=O)c2ccncc2)cc1. The van der Waals surface area contributed by atoms with Gasteiger partial charge < -0.3 is 10.1 Å². The average Bonchev–Trinajstić information content (AvgIpc) is 3.14. The molecule has 1 aromatic heterocycles. The molecule has 2 heterocycles. The zero-order chi connectivity index (χ0) is 26.4. The second-order valence-corrected chi connectivity index (χ2v) is 8.27. The van der Waals surface area contributed by atoms with Gasteiger partial charge in [0.05, 0.1) is 24.3 Å². The van der Waals surface area contributed by atoms with Crippen molar-refractivity contribution in [1.29, 1.82) is 0 Å². The molecular formula is C26H23N5O5S. The zero-order valence-corrected chi connectivity index (χ0v) is 20.6. The van der Waals surface area contributed by atoms with Gasteiger partial charge in [0.1, 0.15) is 6.04 Å². The molecule has 188 valence electrons. The van der Waals surface area contributed by atoms with Crippen LogP contribution in [0.3, 0.4) is 0 Å². The topological polar surface area (TPSA) is 121 Å². The first kappa shape index (κ1) is 25.5. The van der Waals surface area contributed by atoms with Gasteiger partial charge in [0.15, 0.2) is 0 Å². The van der Waals surface area contributed by atoms with E-state index in [2.05, 4.69) is 15.7 Å². The molecule has 1 fully saturated rings. The third-order valence-electron chi connectivity index (χ3n) is 5.45. The first-order chi connectivity index (χ1) is 17.9. The number of hydrogen-bond donors (Lipinski definition) is 2. The summed E-state index contributed by atoms with van der Waals surface area (Å²) in [7, 11) is 0. The van der Waals surface area contributed by atoms with Crippen LogP contribution in [0.4, 0.5) is 11.4 Å². The predicted octanol–water partition coefficient (Wildman–Crippen LogP) is 2.93. The van der Waals surface area contributed by atoms with Gasteiger partial charge in [-0.25, -0.2) is 9.80 Å². The van der Waals surface area contributed by atoms with Crippen molar-refractivity contribution in [2.75, 3.05) is 16.8 Å². The lowest BCUT2D eigenvalue weighted by Gasteiger charge is -2.24. The molecule has 37 heavy (non-hydrogen) atoms. The van der Waals surface area contributed by atoms with Gasteiger partial charge in [0, 0.05) is 23.6 Å². The van der Waals surface area contributed by atoms with Crippen LogP contribution in [0, 0.1) is 0 Å². The summed E-state index contributed by atoms with van der Waals surface area (Å²) < 4.78 is 4.96. The van der Waals surface area contributed by atoms with Gasteiger partial charge in [-0.1, -0.05) is 18.2 Å². The molecule has 0 spiro atoms. The van der Waals surface area contributed by atoms with Crippen molar-refractivity contribution in [1.82, 2.24) is 15.4 Å². The Morgan fingerprint density at radius 3 is 2.30 bits per heavy atom. The number of ether oxygens (including phenoxy) is 1. The van der Waals surface area contributed by atoms with Crippen LogP contribution >= 0.6 is 12.2 Å². The lowest BCUT2D eigenvalue weighted by Crippen LogP contribution is -2.49. The number of carbonyl (C=O) groups excluding carboxylic acids is 4. The summed E-state index contributed by atoms with van der Waals surface area (Å²) in [6.07, 6.45) is 2.64. The van der Waals surface area contributed by atoms with E-state index < -0.39 is 29.7 Å². The Hall–Kier alpha value is -4.64. The molecule has 2 N–H and O–H groups in total. The van der Waals surface area contributed by atoms with E-state index in [1.165, 1.54) is 46.6 Å². The number of carbonyl (C=O) groups is 4. The van der Waals surface area contributed by atoms with Crippen LogP contribution < -0.4 is 15.6 Å². The Labute approximate surface area is 218 Å². The molecule has 4 rings (SSSR count). The smallest absolute Gasteiger partial charge is 0.338 e. The minimum atomic E-state index is -1.09. The van der Waals surface area contributed by atoms with Gasteiger partial charge in [-0.15, -0.1) is 0 Å². The maximum absolute atomic E-state index is 13.4. The first-order valence-corrected chi connectivity index (χ1v) is 11.8. The standard InChI is InChI=1S/C26H23N5O5S/c1-2-36-25(35)18-8-10-19(11-9-18)28-22(32)16-21-24(34)30(20-6-4-3-5-7-20)26(37)31(21)29-23(33)17-12-14-27-15-13-17/h3-15,21H,2,16H2,1H3,(H,28,32)(H,29,33). The number of esters is 1. The molecule has 2 aromatic carbocycles. The summed E-state index contributed by atoms with van der Waals surface area (Å²) in [6, 6.07) is 16.9. The third-order valence-corrected chi connectivity index (χ3v) is 5.83. The fourth-order valence-corrected chi connectivity index (χ4v) is 4.05. The number of hydrogen-bond acceptors (Lipinski definition) is 7. The van der Waals surface area contributed by atoms with Crippen molar-refractivity contribution in [2.24, 2.45) is 0 Å². The lowest BCUT2D eigenvalue weighted by atomic mass is 10.1. The van der Waals surface area contributed by atoms with Crippen molar-refractivity contribution >= 4 is 52.4 Å². The van der Waals surface area contributed by atoms with Crippen LogP contribution in [0.1, 0.15) is 34.1 Å². The minimum absolute atomic E-state index is 0.0372. The first-order valence-electron chi connectivity index (χ1n) is 11.4. The van der Waals surface area contributed by atoms with E-state index in [4.69, 9.17) is 17.0 Å². The van der Waals surface area contributed by atoms with Crippen LogP contribution in [-0.2, 0) is 14.3 Å². The molecule has 0 radical (unpaired) electrons. The average molecular weight is 518 g/mol. The Balaban J connectivity index is 1.53. The Morgan fingerprint density at radius 1 is 0.973 bits per heavy atom. The number of hydrazine groups is 1. The molecule has 0 bridgehead atoms. The number of aromatic nitrogens is 1. The fourth-order valence-electron chi connectivity index (χ4n) is 3.68. The van der Waals surface area contributed by atoms with Gasteiger partial charge in [0.2, 0.25) is 11.0 Å². The second kappa shape index (κ2) is 11.4. The van der Waals surface area contributed by atoms with Crippen LogP contribution in [0.5, 0.6) is 0 Å². The molecule has 11 heteroatoms. The summed E-state index contributed by atoms with van der Waals surface area (Å²) in [5.41, 5.74) is 4.26. The largest absolute Gasteiger partial charge is 0.462 e. The van der Waals surface area contributed by atoms with Crippen molar-refractivity contribution in [2.45, 2.75) is 19.4 Å². The summed E-state index contributed by atoms with van der Waals surface area (Å²) in [5, 5.41) is 3.98. The van der Waals surface area contributed by atoms with E-state index in [1.807, 2.05) is 0 Å². The highest BCUT2D eigenvalue weighted by Crippen LogP contribution is 2.26. The number of nitrogens with one attached hydrogen (secondary N) is 2. The molecule has 1 atom stereocenters. The molecule has 3 amide bonds. The Morgan fingerprint density at radius 2 is 1.65 bits per heavy atom. The molecule has 10 nitrogen and oxygen atoms in total. The van der Waals surface area contributed by atoms with E-state index in [0.717, 1.165) is 0 Å². The number of anilines is 2. The van der Waals surface area contributed by atoms with Crippen LogP contribution in [-0.4, -0.2) is 51.4 Å². The van der Waals surface area contributed by atoms with Gasteiger partial charge in [-0.05, 0) is 67.7 Å². The number of thiocarbonyl (C=S) groups is 1. The Bertz CT molecular complexity index is 1320. The quantitative estimate of drug-likeness (QED) is 0.346. The van der Waals surface area contributed by atoms with Crippen molar-refractivity contribution in [3.8, 4) is 0 Å². The molecular weight excluding hydrogens is 494 g/mol. The number of nitrogens with zero attached hydrogens (tertiary/aromatic N) is 3. The molecule has 3 aromatic rings. The highest BCUT2D eigenvalue weighted by atomic mass is 32.1. The van der Waals surface area contributed by atoms with Crippen LogP contribution in [0.25, 0.3) is 0 Å². The number of rotatable bonds is 8. The molecule has 1 aliphatic heterocycles. The number of benzene rings is 2. The maximum Gasteiger partial charge on any atom is 0.338 e. The van der Waals surface area contributed by atoms with E-state index in [1.54, 1.807) is 49.4 Å². The van der Waals surface area contributed by atoms with Gasteiger partial charge in [0.25, 0.3) is 11.8 Å². The normalized spacial score (nSPS) is 14.9. The minimum Gasteiger partial charge on any atom is -0.462 e. The maximum atomic E-state index is 13.4. The zero-order valence-electron chi connectivity index (χ0n) is 19.8. The number of para-hydroxylation sites is 1. The van der Waals surface area contributed by atoms with Crippen molar-refractivity contribution in [3.05, 3.63) is 90.3 Å². The highest BCUT2D eigenvalue weighted by molar-refractivity contribution is 7.80. The number of amides is 3. The summed E-state index contributed by atoms with van der Waals surface area (Å²) in [4.78, 5) is 56.2. The molecule has 1 saturated heterocycles. The number of pyridine rings is 1. The Kier molecular flexibility index (Phi) is 7.84. The van der Waals surface area contributed by atoms with E-state index >= 15 is 0 Å². The van der Waals surface area contributed by atoms with Crippen LogP contribution in [0.2, 0.25) is 0 Å². The predicted molar refractivity (Wildman–Crippen MR) is 140 cm³/mol. The van der Waals surface area contributed by atoms with Crippen molar-refractivity contribution < 1.29 is 23.9 Å². The lowest BCUT2D eigenvalue weighted by molar-refractivity contribution is -0.124. The summed E-state index contributed by atoms with van der Waals surface area (Å²) >= 11 is 5.54. The fraction of sp³-hybridized carbons (Fsp3) is 0.154. The van der Waals surface area contributed by atoms with Gasteiger partial charge >= 0.3 is 5.97 Å². The van der Waals surface area contributed by atoms with E-state index in [9.17, 15) is 19.2 Å². The van der Waals surface area contributed by atoms with Gasteiger partial charge in [-0.2, -0.15) is 0 Å². The van der Waals surface area contributed by atoms with Crippen LogP contribution in [0.15, 0.2) is 79.1 Å². The summed E-state index contributed by atoms with van der Waals surface area (Å²) in [6.45, 7) is 1.97. The van der Waals surface area contributed by atoms with Gasteiger partial charge in [-0.3, -0.25) is 29.7 Å². The van der Waals surface area contributed by atoms with E-state index in [-0.39, 0.29) is 18.1 Å². The molecule has 0 aliphatic carbocycles. The summed E-state index contributed by atoms with van der Waals surface area (Å²) in [5.74, 6) is -1.92. The highest BCUT2D eigenvalue weighted by Gasteiger charge is 2.45. The monoisotopic (exact) mass is 517 g/mol. The van der Waals surface area contributed by atoms with E-state index in [0.29, 0.717) is 22.5 Å². The van der Waals surface area contributed by atoms with Crippen molar-refractivity contribution in [3.63, 3.8) is 0 Å². The molecule has 1 aliphatic rings. The second-order valence-electron chi connectivity index (χ2n) is 7.90. The molecule has 1 unspecified atom stereocenters.